The zero-order chi connectivity index (χ0) is 16.6. The van der Waals surface area contributed by atoms with Gasteiger partial charge in [-0.3, -0.25) is 9.89 Å². The minimum Gasteiger partial charge on any atom is -0.329 e. The van der Waals surface area contributed by atoms with Gasteiger partial charge in [0, 0.05) is 23.5 Å². The van der Waals surface area contributed by atoms with Crippen LogP contribution in [0.4, 0.5) is 13.2 Å². The van der Waals surface area contributed by atoms with Gasteiger partial charge < -0.3 is 9.09 Å². The molecular formula is C13H10F3N5O2. The third-order valence-electron chi connectivity index (χ3n) is 3.01. The molecule has 3 heterocycles. The van der Waals surface area contributed by atoms with E-state index >= 15 is 0 Å². The van der Waals surface area contributed by atoms with Crippen molar-refractivity contribution in [3.05, 3.63) is 52.0 Å². The van der Waals surface area contributed by atoms with Crippen molar-refractivity contribution in [1.82, 2.24) is 24.9 Å². The molecule has 0 spiro atoms. The Bertz CT molecular complexity index is 893. The van der Waals surface area contributed by atoms with Crippen LogP contribution in [-0.2, 0) is 12.7 Å². The van der Waals surface area contributed by atoms with Crippen LogP contribution in [0.5, 0.6) is 0 Å². The van der Waals surface area contributed by atoms with E-state index in [1.54, 1.807) is 6.07 Å². The fraction of sp³-hybridized carbons (Fsp3) is 0.231. The van der Waals surface area contributed by atoms with Gasteiger partial charge in [0.05, 0.1) is 12.2 Å². The zero-order valence-electron chi connectivity index (χ0n) is 11.8. The van der Waals surface area contributed by atoms with Crippen LogP contribution in [0.15, 0.2) is 33.7 Å². The van der Waals surface area contributed by atoms with E-state index in [9.17, 15) is 18.0 Å². The lowest BCUT2D eigenvalue weighted by Gasteiger charge is -2.03. The average Bonchev–Trinajstić information content (AvgIpc) is 3.10. The molecule has 3 aromatic rings. The van der Waals surface area contributed by atoms with E-state index < -0.39 is 17.6 Å². The highest BCUT2D eigenvalue weighted by Crippen LogP contribution is 2.29. The summed E-state index contributed by atoms with van der Waals surface area (Å²) in [5.74, 6) is -1.75. The number of H-pyrrole nitrogens is 1. The molecule has 0 saturated heterocycles. The van der Waals surface area contributed by atoms with Gasteiger partial charge in [0.1, 0.15) is 0 Å². The van der Waals surface area contributed by atoms with Crippen molar-refractivity contribution in [2.45, 2.75) is 19.6 Å². The van der Waals surface area contributed by atoms with Crippen molar-refractivity contribution < 1.29 is 17.7 Å². The summed E-state index contributed by atoms with van der Waals surface area (Å²) in [4.78, 5) is 15.3. The fourth-order valence-corrected chi connectivity index (χ4v) is 1.96. The molecule has 0 amide bonds. The summed E-state index contributed by atoms with van der Waals surface area (Å²) in [6.45, 7) is 2.07. The Morgan fingerprint density at radius 1 is 1.35 bits per heavy atom. The predicted molar refractivity (Wildman–Crippen MR) is 71.4 cm³/mol. The van der Waals surface area contributed by atoms with E-state index in [2.05, 4.69) is 24.9 Å². The number of nitrogens with zero attached hydrogens (tertiary/aromatic N) is 4. The van der Waals surface area contributed by atoms with Gasteiger partial charge in [-0.1, -0.05) is 5.16 Å². The highest BCUT2D eigenvalue weighted by Gasteiger charge is 2.38. The Labute approximate surface area is 126 Å². The highest BCUT2D eigenvalue weighted by atomic mass is 19.4. The van der Waals surface area contributed by atoms with Crippen molar-refractivity contribution >= 4 is 0 Å². The van der Waals surface area contributed by atoms with Crippen molar-refractivity contribution in [2.24, 2.45) is 0 Å². The van der Waals surface area contributed by atoms with Crippen LogP contribution in [0.25, 0.3) is 11.4 Å². The number of alkyl halides is 3. The molecule has 7 nitrogen and oxygen atoms in total. The first-order valence-electron chi connectivity index (χ1n) is 6.45. The summed E-state index contributed by atoms with van der Waals surface area (Å²) in [7, 11) is 0. The second kappa shape index (κ2) is 5.38. The molecule has 0 radical (unpaired) electrons. The van der Waals surface area contributed by atoms with Gasteiger partial charge >= 0.3 is 12.1 Å². The summed E-state index contributed by atoms with van der Waals surface area (Å²) in [5.41, 5.74) is 1.25. The molecular weight excluding hydrogens is 315 g/mol. The van der Waals surface area contributed by atoms with Crippen LogP contribution in [-0.4, -0.2) is 24.9 Å². The quantitative estimate of drug-likeness (QED) is 0.795. The maximum atomic E-state index is 12.4. The van der Waals surface area contributed by atoms with E-state index in [4.69, 9.17) is 0 Å². The molecule has 0 atom stereocenters. The summed E-state index contributed by atoms with van der Waals surface area (Å²) in [5, 5.41) is 10.0. The average molecular weight is 325 g/mol. The maximum absolute atomic E-state index is 12.4. The number of hydrogen-bond acceptors (Lipinski definition) is 5. The van der Waals surface area contributed by atoms with Crippen LogP contribution in [0.1, 0.15) is 17.3 Å². The number of aromatic amines is 1. The van der Waals surface area contributed by atoms with Gasteiger partial charge in [0.15, 0.2) is 0 Å². The first-order chi connectivity index (χ1) is 10.8. The molecule has 3 rings (SSSR count). The molecule has 0 aromatic carbocycles. The monoisotopic (exact) mass is 325 g/mol. The van der Waals surface area contributed by atoms with Crippen LogP contribution in [0.2, 0.25) is 0 Å². The predicted octanol–water partition coefficient (Wildman–Crippen LogP) is 2.00. The summed E-state index contributed by atoms with van der Waals surface area (Å²) >= 11 is 0. The molecule has 0 aliphatic heterocycles. The van der Waals surface area contributed by atoms with Gasteiger partial charge in [-0.25, -0.2) is 0 Å². The molecule has 1 N–H and O–H groups in total. The molecule has 0 fully saturated rings. The molecule has 120 valence electrons. The Balaban J connectivity index is 1.87. The second-order valence-corrected chi connectivity index (χ2v) is 4.84. The Hall–Kier alpha value is -2.91. The molecule has 0 unspecified atom stereocenters. The largest absolute Gasteiger partial charge is 0.471 e. The van der Waals surface area contributed by atoms with E-state index in [1.807, 2.05) is 6.92 Å². The van der Waals surface area contributed by atoms with Gasteiger partial charge in [-0.2, -0.15) is 23.3 Å². The van der Waals surface area contributed by atoms with E-state index in [1.165, 1.54) is 16.8 Å². The van der Waals surface area contributed by atoms with Crippen LogP contribution >= 0.6 is 0 Å². The van der Waals surface area contributed by atoms with E-state index in [0.29, 0.717) is 5.69 Å². The Morgan fingerprint density at radius 3 is 2.70 bits per heavy atom. The topological polar surface area (TPSA) is 89.6 Å². The lowest BCUT2D eigenvalue weighted by Crippen LogP contribution is -2.19. The molecule has 23 heavy (non-hydrogen) atoms. The number of halogens is 3. The maximum Gasteiger partial charge on any atom is 0.471 e. The number of aromatic nitrogens is 5. The van der Waals surface area contributed by atoms with E-state index in [0.717, 1.165) is 11.8 Å². The lowest BCUT2D eigenvalue weighted by atomic mass is 10.2. The van der Waals surface area contributed by atoms with Crippen LogP contribution < -0.4 is 5.56 Å². The highest BCUT2D eigenvalue weighted by molar-refractivity contribution is 5.52. The molecule has 0 saturated carbocycles. The molecule has 0 aliphatic rings. The van der Waals surface area contributed by atoms with E-state index in [-0.39, 0.29) is 17.9 Å². The SMILES string of the molecule is Cc1cc(Cn2ccc(-c3noc(C(F)(F)F)n3)cc2=O)n[nH]1. The minimum absolute atomic E-state index is 0.142. The number of nitrogens with one attached hydrogen (secondary N) is 1. The van der Waals surface area contributed by atoms with Crippen molar-refractivity contribution in [1.29, 1.82) is 0 Å². The zero-order valence-corrected chi connectivity index (χ0v) is 11.8. The van der Waals surface area contributed by atoms with Gasteiger partial charge in [0.2, 0.25) is 5.82 Å². The summed E-state index contributed by atoms with van der Waals surface area (Å²) in [6, 6.07) is 4.37. The van der Waals surface area contributed by atoms with Crippen LogP contribution in [0, 0.1) is 6.92 Å². The normalized spacial score (nSPS) is 11.8. The molecule has 0 aliphatic carbocycles. The Morgan fingerprint density at radius 2 is 2.13 bits per heavy atom. The third-order valence-corrected chi connectivity index (χ3v) is 3.01. The lowest BCUT2D eigenvalue weighted by molar-refractivity contribution is -0.159. The first kappa shape index (κ1) is 15.0. The van der Waals surface area contributed by atoms with Gasteiger partial charge in [0.25, 0.3) is 5.56 Å². The number of hydrogen-bond donors (Lipinski definition) is 1. The summed E-state index contributed by atoms with van der Waals surface area (Å²) < 4.78 is 42.8. The van der Waals surface area contributed by atoms with Crippen molar-refractivity contribution in [3.63, 3.8) is 0 Å². The fourth-order valence-electron chi connectivity index (χ4n) is 1.96. The third kappa shape index (κ3) is 3.15. The molecule has 3 aromatic heterocycles. The molecule has 10 heteroatoms. The van der Waals surface area contributed by atoms with Gasteiger partial charge in [-0.05, 0) is 19.1 Å². The minimum atomic E-state index is -4.72. The second-order valence-electron chi connectivity index (χ2n) is 4.84. The number of rotatable bonds is 3. The van der Waals surface area contributed by atoms with Crippen molar-refractivity contribution in [3.8, 4) is 11.4 Å². The number of pyridine rings is 1. The Kier molecular flexibility index (Phi) is 3.51. The van der Waals surface area contributed by atoms with Crippen molar-refractivity contribution in [2.75, 3.05) is 0 Å². The van der Waals surface area contributed by atoms with Crippen LogP contribution in [0.3, 0.4) is 0 Å². The standard InChI is InChI=1S/C13H10F3N5O2/c1-7-4-9(19-18-7)6-21-3-2-8(5-10(21)22)11-17-12(23-20-11)13(14,15)16/h2-5H,6H2,1H3,(H,18,19). The number of aryl methyl sites for hydroxylation is 1. The molecule has 0 bridgehead atoms. The first-order valence-corrected chi connectivity index (χ1v) is 6.45. The summed E-state index contributed by atoms with van der Waals surface area (Å²) in [6.07, 6.45) is -3.29. The van der Waals surface area contributed by atoms with Gasteiger partial charge in [-0.15, -0.1) is 0 Å². The smallest absolute Gasteiger partial charge is 0.329 e.